The maximum absolute atomic E-state index is 12.6. The molecule has 1 aliphatic carbocycles. The number of benzene rings is 1. The third-order valence-electron chi connectivity index (χ3n) is 19.3. The molecule has 6 rings (SSSR count). The molecule has 1 aromatic rings. The Bertz CT molecular complexity index is 2430. The molecule has 528 valence electrons. The van der Waals surface area contributed by atoms with E-state index >= 15 is 0 Å². The van der Waals surface area contributed by atoms with Crippen LogP contribution in [0.5, 0.6) is 0 Å². The Kier molecular flexibility index (Phi) is 34.8. The standard InChI is InChI=1S/C15H27NO.C15H21NO.C11H21NO.C11H22O2.C10H21NO.C9H17NO.C7H14O/c2*1-15(2,3)14(17)13-12-8-6-5-7-11(12)9-10-16(13)4;1-8-6-7-12(5)9(8)10(13)11(2,3)4;1-8(11(5,6)13-7)9(12)10(2,3)4;1-7-8(11(5)6)9(12)10(2,3)4;1-9(2,3)8(11)7-5-10(4)6-7;1-5-6(8)7(2,3)4/h11-13H,5-10H2,1-4H3;5-8,13H,9-10H2,1-4H3;8-9H,6-7H2,1-5H3;8H,1-7H3;8H,7H2,1-6H3;7H,5-6H2,1-4H3;5H2,1-4H3. The van der Waals surface area contributed by atoms with E-state index in [2.05, 4.69) is 79.6 Å². The Hall–Kier alpha value is -3.33. The van der Waals surface area contributed by atoms with Gasteiger partial charge in [-0.15, -0.1) is 0 Å². The molecule has 1 saturated carbocycles. The smallest absolute Gasteiger partial charge is 0.159 e. The maximum Gasteiger partial charge on any atom is 0.159 e. The van der Waals surface area contributed by atoms with Gasteiger partial charge in [0.2, 0.25) is 0 Å². The molecular weight excluding hydrogens is 1130 g/mol. The van der Waals surface area contributed by atoms with E-state index in [4.69, 9.17) is 4.74 Å². The quantitative estimate of drug-likeness (QED) is 0.207. The molecule has 0 N–H and O–H groups in total. The first-order valence-electron chi connectivity index (χ1n) is 34.9. The van der Waals surface area contributed by atoms with Gasteiger partial charge in [-0.1, -0.05) is 217 Å². The van der Waals surface area contributed by atoms with Crippen LogP contribution in [0.15, 0.2) is 24.3 Å². The highest BCUT2D eigenvalue weighted by Gasteiger charge is 2.45. The van der Waals surface area contributed by atoms with Gasteiger partial charge in [-0.3, -0.25) is 53.2 Å². The lowest BCUT2D eigenvalue weighted by molar-refractivity contribution is -0.139. The zero-order valence-corrected chi connectivity index (χ0v) is 65.4. The molecule has 3 saturated heterocycles. The van der Waals surface area contributed by atoms with Crippen LogP contribution in [-0.2, 0) is 44.7 Å². The SMILES string of the molecule is CC1CCN(C)C1C(=O)C(C)(C)C.CCC(=O)C(C)(C)C.CCC(C(=O)C(C)(C)C)N(C)C.CN1CC(C(=O)C(C)(C)C)C1.CN1CCC2CCCCC2C1C(=O)C(C)(C)C.CN1CCc2ccccc2C1C(=O)C(C)(C)C.COC(C)(C)C(C)C(=O)C(C)(C)C. The summed E-state index contributed by atoms with van der Waals surface area (Å²) in [5.41, 5.74) is 0.694. The Balaban J connectivity index is 0.00000105. The Morgan fingerprint density at radius 2 is 0.978 bits per heavy atom. The first kappa shape index (κ1) is 87.7. The topological polar surface area (TPSA) is 145 Å². The van der Waals surface area contributed by atoms with Gasteiger partial charge in [0, 0.05) is 82.9 Å². The van der Waals surface area contributed by atoms with E-state index in [0.29, 0.717) is 58.9 Å². The highest BCUT2D eigenvalue weighted by Crippen LogP contribution is 2.42. The number of ketones is 7. The monoisotopic (exact) mass is 1280 g/mol. The molecule has 4 aliphatic heterocycles. The molecule has 0 radical (unpaired) electrons. The summed E-state index contributed by atoms with van der Waals surface area (Å²) in [6.07, 6.45) is 10.4. The number of hydrogen-bond acceptors (Lipinski definition) is 13. The van der Waals surface area contributed by atoms with Gasteiger partial charge < -0.3 is 9.64 Å². The number of fused-ring (bicyclic) bond motifs is 2. The number of methoxy groups -OCH3 is 1. The number of likely N-dealkylation sites (N-methyl/N-ethyl adjacent to an activating group) is 4. The van der Waals surface area contributed by atoms with Crippen LogP contribution >= 0.6 is 0 Å². The van der Waals surface area contributed by atoms with Crippen LogP contribution in [0.1, 0.15) is 255 Å². The summed E-state index contributed by atoms with van der Waals surface area (Å²) in [6.45, 7) is 58.8. The van der Waals surface area contributed by atoms with Crippen molar-refractivity contribution >= 4 is 40.5 Å². The van der Waals surface area contributed by atoms with E-state index in [1.54, 1.807) is 7.11 Å². The highest BCUT2D eigenvalue weighted by molar-refractivity contribution is 5.91. The van der Waals surface area contributed by atoms with Gasteiger partial charge in [-0.2, -0.15) is 0 Å². The van der Waals surface area contributed by atoms with Crippen LogP contribution in [-0.4, -0.2) is 171 Å². The molecule has 13 heteroatoms. The number of ether oxygens (including phenoxy) is 1. The molecule has 0 bridgehead atoms. The van der Waals surface area contributed by atoms with E-state index in [0.717, 1.165) is 57.9 Å². The summed E-state index contributed by atoms with van der Waals surface area (Å²) in [7, 11) is 13.8. The molecule has 13 nitrogen and oxygen atoms in total. The average Bonchev–Trinajstić information content (AvgIpc) is 1.41. The minimum atomic E-state index is -0.371. The largest absolute Gasteiger partial charge is 0.378 e. The van der Waals surface area contributed by atoms with Crippen LogP contribution in [0.3, 0.4) is 0 Å². The van der Waals surface area contributed by atoms with E-state index in [1.807, 2.05) is 198 Å². The summed E-state index contributed by atoms with van der Waals surface area (Å²) in [5.74, 6) is 4.69. The molecule has 0 spiro atoms. The number of carbonyl (C=O) groups excluding carboxylic acids is 7. The van der Waals surface area contributed by atoms with Gasteiger partial charge >= 0.3 is 0 Å². The van der Waals surface area contributed by atoms with Crippen molar-refractivity contribution in [3.8, 4) is 0 Å². The summed E-state index contributed by atoms with van der Waals surface area (Å²) in [4.78, 5) is 94.2. The molecule has 1 aromatic carbocycles. The van der Waals surface area contributed by atoms with Crippen molar-refractivity contribution in [2.75, 3.05) is 82.1 Å². The third kappa shape index (κ3) is 28.1. The first-order chi connectivity index (χ1) is 41.0. The van der Waals surface area contributed by atoms with Gasteiger partial charge in [-0.05, 0) is 130 Å². The minimum Gasteiger partial charge on any atom is -0.378 e. The van der Waals surface area contributed by atoms with Crippen molar-refractivity contribution in [1.29, 1.82) is 0 Å². The second-order valence-electron chi connectivity index (χ2n) is 35.5. The molecule has 0 aromatic heterocycles. The van der Waals surface area contributed by atoms with Gasteiger partial charge in [0.05, 0.1) is 29.8 Å². The van der Waals surface area contributed by atoms with Crippen molar-refractivity contribution in [3.63, 3.8) is 0 Å². The van der Waals surface area contributed by atoms with Crippen molar-refractivity contribution < 1.29 is 38.3 Å². The van der Waals surface area contributed by atoms with Crippen molar-refractivity contribution in [2.45, 2.75) is 274 Å². The molecule has 0 amide bonds. The second-order valence-corrected chi connectivity index (χ2v) is 35.5. The van der Waals surface area contributed by atoms with Gasteiger partial charge in [0.15, 0.2) is 23.1 Å². The number of hydrogen-bond donors (Lipinski definition) is 0. The Labute approximate surface area is 560 Å². The van der Waals surface area contributed by atoms with Crippen LogP contribution in [0.4, 0.5) is 0 Å². The lowest BCUT2D eigenvalue weighted by atomic mass is 9.67. The fourth-order valence-corrected chi connectivity index (χ4v) is 12.6. The van der Waals surface area contributed by atoms with Crippen molar-refractivity contribution in [3.05, 3.63) is 35.4 Å². The lowest BCUT2D eigenvalue weighted by Crippen LogP contribution is -2.55. The molecule has 5 aliphatic rings. The summed E-state index contributed by atoms with van der Waals surface area (Å²) >= 11 is 0. The molecular formula is C78H143N5O8. The van der Waals surface area contributed by atoms with Gasteiger partial charge in [0.1, 0.15) is 17.3 Å². The van der Waals surface area contributed by atoms with Crippen molar-refractivity contribution in [2.24, 2.45) is 67.5 Å². The molecule has 8 unspecified atom stereocenters. The third-order valence-corrected chi connectivity index (χ3v) is 19.3. The molecule has 4 heterocycles. The molecule has 91 heavy (non-hydrogen) atoms. The van der Waals surface area contributed by atoms with E-state index in [-0.39, 0.29) is 79.4 Å². The number of carbonyl (C=O) groups is 7. The maximum atomic E-state index is 12.6. The lowest BCUT2D eigenvalue weighted by Gasteiger charge is -2.47. The summed E-state index contributed by atoms with van der Waals surface area (Å²) in [5, 5.41) is 0. The second kappa shape index (κ2) is 36.1. The number of nitrogens with zero attached hydrogens (tertiary/aromatic N) is 5. The van der Waals surface area contributed by atoms with Crippen molar-refractivity contribution in [1.82, 2.24) is 24.5 Å². The predicted octanol–water partition coefficient (Wildman–Crippen LogP) is 15.7. The summed E-state index contributed by atoms with van der Waals surface area (Å²) < 4.78 is 5.29. The van der Waals surface area contributed by atoms with Crippen LogP contribution in [0.25, 0.3) is 0 Å². The van der Waals surface area contributed by atoms with Crippen LogP contribution in [0, 0.1) is 67.5 Å². The fraction of sp³-hybridized carbons (Fsp3) is 0.833. The van der Waals surface area contributed by atoms with Gasteiger partial charge in [0.25, 0.3) is 0 Å². The van der Waals surface area contributed by atoms with Crippen LogP contribution < -0.4 is 0 Å². The highest BCUT2D eigenvalue weighted by atomic mass is 16.5. The normalized spacial score (nSPS) is 22.8. The Morgan fingerprint density at radius 1 is 0.538 bits per heavy atom. The first-order valence-corrected chi connectivity index (χ1v) is 34.9. The molecule has 4 fully saturated rings. The van der Waals surface area contributed by atoms with E-state index in [9.17, 15) is 33.6 Å². The zero-order chi connectivity index (χ0) is 71.7. The van der Waals surface area contributed by atoms with E-state index in [1.165, 1.54) is 43.2 Å². The predicted molar refractivity (Wildman–Crippen MR) is 383 cm³/mol. The zero-order valence-electron chi connectivity index (χ0n) is 65.4. The van der Waals surface area contributed by atoms with Gasteiger partial charge in [-0.25, -0.2) is 0 Å². The van der Waals surface area contributed by atoms with Crippen LogP contribution in [0.2, 0.25) is 0 Å². The number of likely N-dealkylation sites (tertiary alicyclic amines) is 3. The molecule has 8 atom stereocenters. The number of rotatable bonds is 11. The average molecular weight is 1280 g/mol. The number of Topliss-reactive ketones (excluding diaryl/α,β-unsaturated/α-hetero) is 7. The minimum absolute atomic E-state index is 0.0695. The number of piperidine rings is 1. The Morgan fingerprint density at radius 3 is 1.34 bits per heavy atom. The summed E-state index contributed by atoms with van der Waals surface area (Å²) in [6, 6.07) is 8.67. The van der Waals surface area contributed by atoms with E-state index < -0.39 is 0 Å². The fourth-order valence-electron chi connectivity index (χ4n) is 12.6.